The van der Waals surface area contributed by atoms with E-state index in [0.29, 0.717) is 0 Å². The van der Waals surface area contributed by atoms with Gasteiger partial charge in [0, 0.05) is 12.3 Å². The van der Waals surface area contributed by atoms with Gasteiger partial charge in [0.15, 0.2) is 11.9 Å². The van der Waals surface area contributed by atoms with Crippen molar-refractivity contribution in [2.75, 3.05) is 13.3 Å². The van der Waals surface area contributed by atoms with E-state index < -0.39 is 47.4 Å². The number of ether oxygens (including phenoxy) is 3. The second-order valence-corrected chi connectivity index (χ2v) is 7.07. The number of aromatic nitrogens is 2. The number of aliphatic hydroxyl groups is 1. The zero-order valence-electron chi connectivity index (χ0n) is 16.2. The highest BCUT2D eigenvalue weighted by Crippen LogP contribution is 2.40. The number of hydrogen-bond acceptors (Lipinski definition) is 8. The molecule has 158 valence electrons. The molecule has 0 amide bonds. The lowest BCUT2D eigenvalue weighted by atomic mass is 9.98. The first-order chi connectivity index (χ1) is 13.0. The van der Waals surface area contributed by atoms with Crippen molar-refractivity contribution in [3.05, 3.63) is 33.1 Å². The Balaban J connectivity index is 1.92. The van der Waals surface area contributed by atoms with Crippen LogP contribution in [0.2, 0.25) is 0 Å². The standard InChI is InChI=1S/C17H26FN3O7/c1-9(2)27-14(24)10(3)19-8-26-7-11-13(23)17(4,18)15(28-11)21-6-5-12(22)20-16(21)25/h5-6,9-11,13,15,19,23H,7-8H2,1-4H3,(H,20,22,25)/t10-,11-,13-,15-,17-/m1/s1. The molecule has 5 atom stereocenters. The highest BCUT2D eigenvalue weighted by Gasteiger charge is 2.55. The molecule has 3 N–H and O–H groups in total. The van der Waals surface area contributed by atoms with E-state index >= 15 is 0 Å². The lowest BCUT2D eigenvalue weighted by Gasteiger charge is -2.24. The molecule has 1 fully saturated rings. The van der Waals surface area contributed by atoms with Crippen LogP contribution in [0, 0.1) is 0 Å². The van der Waals surface area contributed by atoms with Gasteiger partial charge in [-0.2, -0.15) is 0 Å². The molecule has 2 heterocycles. The van der Waals surface area contributed by atoms with Crippen LogP contribution in [0.3, 0.4) is 0 Å². The normalized spacial score (nSPS) is 28.5. The van der Waals surface area contributed by atoms with Gasteiger partial charge in [-0.15, -0.1) is 0 Å². The number of esters is 1. The Labute approximate surface area is 160 Å². The van der Waals surface area contributed by atoms with Gasteiger partial charge in [-0.25, -0.2) is 9.18 Å². The molecule has 11 heteroatoms. The van der Waals surface area contributed by atoms with E-state index in [4.69, 9.17) is 14.2 Å². The summed E-state index contributed by atoms with van der Waals surface area (Å²) in [5.41, 5.74) is -3.77. The minimum atomic E-state index is -2.29. The van der Waals surface area contributed by atoms with E-state index in [2.05, 4.69) is 5.32 Å². The van der Waals surface area contributed by atoms with Crippen LogP contribution >= 0.6 is 0 Å². The van der Waals surface area contributed by atoms with Gasteiger partial charge >= 0.3 is 11.7 Å². The number of carbonyl (C=O) groups excluding carboxylic acids is 1. The third kappa shape index (κ3) is 5.04. The first kappa shape index (κ1) is 22.2. The highest BCUT2D eigenvalue weighted by atomic mass is 19.1. The first-order valence-electron chi connectivity index (χ1n) is 8.89. The molecule has 28 heavy (non-hydrogen) atoms. The maximum absolute atomic E-state index is 15.0. The quantitative estimate of drug-likeness (QED) is 0.299. The zero-order chi connectivity index (χ0) is 21.1. The molecule has 1 saturated heterocycles. The maximum atomic E-state index is 15.0. The van der Waals surface area contributed by atoms with Gasteiger partial charge in [0.05, 0.1) is 19.4 Å². The number of hydrogen-bond donors (Lipinski definition) is 3. The number of aromatic amines is 1. The largest absolute Gasteiger partial charge is 0.462 e. The first-order valence-corrected chi connectivity index (χ1v) is 8.89. The summed E-state index contributed by atoms with van der Waals surface area (Å²) >= 11 is 0. The van der Waals surface area contributed by atoms with E-state index in [1.54, 1.807) is 20.8 Å². The summed E-state index contributed by atoms with van der Waals surface area (Å²) in [6, 6.07) is 0.439. The summed E-state index contributed by atoms with van der Waals surface area (Å²) in [6.07, 6.45) is -3.20. The van der Waals surface area contributed by atoms with Crippen molar-refractivity contribution in [1.82, 2.24) is 14.9 Å². The average molecular weight is 403 g/mol. The topological polar surface area (TPSA) is 132 Å². The molecular weight excluding hydrogens is 377 g/mol. The predicted octanol–water partition coefficient (Wildman–Crippen LogP) is -0.573. The maximum Gasteiger partial charge on any atom is 0.330 e. The van der Waals surface area contributed by atoms with Crippen LogP contribution in [0.1, 0.15) is 33.9 Å². The second kappa shape index (κ2) is 8.95. The molecule has 0 radical (unpaired) electrons. The minimum Gasteiger partial charge on any atom is -0.462 e. The summed E-state index contributed by atoms with van der Waals surface area (Å²) < 4.78 is 31.7. The summed E-state index contributed by atoms with van der Waals surface area (Å²) in [5.74, 6) is -0.440. The Kier molecular flexibility index (Phi) is 7.10. The van der Waals surface area contributed by atoms with E-state index in [-0.39, 0.29) is 19.4 Å². The van der Waals surface area contributed by atoms with Crippen LogP contribution in [0.25, 0.3) is 0 Å². The van der Waals surface area contributed by atoms with Crippen molar-refractivity contribution >= 4 is 5.97 Å². The number of rotatable bonds is 8. The fraction of sp³-hybridized carbons (Fsp3) is 0.706. The Morgan fingerprint density at radius 3 is 2.75 bits per heavy atom. The molecule has 10 nitrogen and oxygen atoms in total. The molecular formula is C17H26FN3O7. The molecule has 1 aliphatic rings. The third-order valence-corrected chi connectivity index (χ3v) is 4.30. The Morgan fingerprint density at radius 2 is 2.14 bits per heavy atom. The van der Waals surface area contributed by atoms with Gasteiger partial charge in [0.1, 0.15) is 18.2 Å². The molecule has 1 aromatic rings. The van der Waals surface area contributed by atoms with Crippen molar-refractivity contribution in [2.24, 2.45) is 0 Å². The minimum absolute atomic E-state index is 0.0623. The monoisotopic (exact) mass is 403 g/mol. The molecule has 0 aliphatic carbocycles. The SMILES string of the molecule is CC(C)OC(=O)[C@@H](C)NCOC[C@H]1O[C@@H](n2ccc(=O)[nH]c2=O)[C@](C)(F)[C@@H]1O. The number of aliphatic hydroxyl groups excluding tert-OH is 1. The van der Waals surface area contributed by atoms with Crippen LogP contribution in [0.15, 0.2) is 21.9 Å². The molecule has 0 aromatic carbocycles. The fourth-order valence-electron chi connectivity index (χ4n) is 2.74. The van der Waals surface area contributed by atoms with Crippen molar-refractivity contribution in [1.29, 1.82) is 0 Å². The number of carbonyl (C=O) groups is 1. The van der Waals surface area contributed by atoms with Crippen molar-refractivity contribution in [2.45, 2.75) is 63.9 Å². The lowest BCUT2D eigenvalue weighted by Crippen LogP contribution is -2.44. The van der Waals surface area contributed by atoms with Crippen LogP contribution < -0.4 is 16.6 Å². The summed E-state index contributed by atoms with van der Waals surface area (Å²) in [7, 11) is 0. The van der Waals surface area contributed by atoms with Crippen LogP contribution in [-0.2, 0) is 19.0 Å². The molecule has 0 spiro atoms. The molecule has 0 bridgehead atoms. The van der Waals surface area contributed by atoms with E-state index in [0.717, 1.165) is 23.8 Å². The van der Waals surface area contributed by atoms with Crippen LogP contribution in [0.4, 0.5) is 4.39 Å². The van der Waals surface area contributed by atoms with Crippen molar-refractivity contribution < 1.29 is 28.5 Å². The Bertz CT molecular complexity index is 791. The molecule has 2 rings (SSSR count). The molecule has 0 unspecified atom stereocenters. The zero-order valence-corrected chi connectivity index (χ0v) is 16.2. The number of nitrogens with one attached hydrogen (secondary N) is 2. The van der Waals surface area contributed by atoms with Gasteiger partial charge in [0.25, 0.3) is 5.56 Å². The Hall–Kier alpha value is -2.08. The second-order valence-electron chi connectivity index (χ2n) is 7.07. The smallest absolute Gasteiger partial charge is 0.330 e. The molecule has 1 aromatic heterocycles. The summed E-state index contributed by atoms with van der Waals surface area (Å²) in [5, 5.41) is 13.0. The number of alkyl halides is 1. The van der Waals surface area contributed by atoms with Crippen LogP contribution in [0.5, 0.6) is 0 Å². The van der Waals surface area contributed by atoms with Gasteiger partial charge in [-0.05, 0) is 27.7 Å². The van der Waals surface area contributed by atoms with E-state index in [1.165, 1.54) is 0 Å². The van der Waals surface area contributed by atoms with Gasteiger partial charge in [-0.3, -0.25) is 24.5 Å². The fourth-order valence-corrected chi connectivity index (χ4v) is 2.74. The Morgan fingerprint density at radius 1 is 1.46 bits per heavy atom. The lowest BCUT2D eigenvalue weighted by molar-refractivity contribution is -0.150. The molecule has 0 saturated carbocycles. The van der Waals surface area contributed by atoms with Gasteiger partial charge in [0.2, 0.25) is 0 Å². The summed E-state index contributed by atoms with van der Waals surface area (Å²) in [4.78, 5) is 36.8. The molecule has 1 aliphatic heterocycles. The van der Waals surface area contributed by atoms with Crippen LogP contribution in [-0.4, -0.2) is 64.0 Å². The predicted molar refractivity (Wildman–Crippen MR) is 95.4 cm³/mol. The summed E-state index contributed by atoms with van der Waals surface area (Å²) in [6.45, 7) is 5.92. The van der Waals surface area contributed by atoms with Gasteiger partial charge < -0.3 is 19.3 Å². The number of H-pyrrole nitrogens is 1. The number of nitrogens with zero attached hydrogens (tertiary/aromatic N) is 1. The third-order valence-electron chi connectivity index (χ3n) is 4.30. The van der Waals surface area contributed by atoms with E-state index in [1.807, 2.05) is 4.98 Å². The van der Waals surface area contributed by atoms with Crippen molar-refractivity contribution in [3.63, 3.8) is 0 Å². The van der Waals surface area contributed by atoms with Gasteiger partial charge in [-0.1, -0.05) is 0 Å². The van der Waals surface area contributed by atoms with Crippen molar-refractivity contribution in [3.8, 4) is 0 Å². The average Bonchev–Trinajstić information content (AvgIpc) is 2.81. The van der Waals surface area contributed by atoms with E-state index in [9.17, 15) is 23.9 Å². The highest BCUT2D eigenvalue weighted by molar-refractivity contribution is 5.75. The number of halogens is 1.